The third kappa shape index (κ3) is 1.85. The van der Waals surface area contributed by atoms with E-state index in [1.807, 2.05) is 0 Å². The molecule has 0 radical (unpaired) electrons. The minimum atomic E-state index is -4.05. The van der Waals surface area contributed by atoms with Gasteiger partial charge < -0.3 is 10.3 Å². The van der Waals surface area contributed by atoms with Crippen LogP contribution in [0.3, 0.4) is 0 Å². The molecule has 2 atom stereocenters. The van der Waals surface area contributed by atoms with E-state index in [1.165, 1.54) is 31.2 Å². The van der Waals surface area contributed by atoms with E-state index in [9.17, 15) is 13.2 Å². The summed E-state index contributed by atoms with van der Waals surface area (Å²) >= 11 is 5.81. The highest BCUT2D eigenvalue weighted by Crippen LogP contribution is 2.57. The Morgan fingerprint density at radius 3 is 2.44 bits per heavy atom. The third-order valence-corrected chi connectivity index (χ3v) is 7.62. The molecular weight excluding hydrogens is 364 g/mol. The van der Waals surface area contributed by atoms with Crippen LogP contribution in [0.1, 0.15) is 12.6 Å². The summed E-state index contributed by atoms with van der Waals surface area (Å²) in [7, 11) is -4.05. The number of Topliss-reactive ketones (excluding diaryl/α,β-unsaturated/α-hetero) is 1. The second-order valence-corrected chi connectivity index (χ2v) is 8.89. The van der Waals surface area contributed by atoms with Crippen LogP contribution in [0.4, 0.5) is 0 Å². The second-order valence-electron chi connectivity index (χ2n) is 6.16. The zero-order valence-electron chi connectivity index (χ0n) is 13.1. The number of fused-ring (bicyclic) bond motifs is 1. The predicted octanol–water partition coefficient (Wildman–Crippen LogP) is 2.45. The number of hydrogen-bond donors (Lipinski definition) is 1. The van der Waals surface area contributed by atoms with Crippen LogP contribution in [0.25, 0.3) is 11.0 Å². The van der Waals surface area contributed by atoms with Gasteiger partial charge in [0, 0.05) is 10.4 Å². The number of hydrogen-bond acceptors (Lipinski definition) is 6. The lowest BCUT2D eigenvalue weighted by Crippen LogP contribution is -2.36. The maximum atomic E-state index is 13.1. The summed E-state index contributed by atoms with van der Waals surface area (Å²) in [6, 6.07) is 12.5. The molecule has 1 fully saturated rings. The van der Waals surface area contributed by atoms with Gasteiger partial charge in [0.15, 0.2) is 31.5 Å². The summed E-state index contributed by atoms with van der Waals surface area (Å²) in [5, 5.41) is 4.81. The smallest absolute Gasteiger partial charge is 0.193 e. The van der Waals surface area contributed by atoms with Crippen LogP contribution in [-0.2, 0) is 20.2 Å². The molecule has 0 spiro atoms. The van der Waals surface area contributed by atoms with Crippen LogP contribution in [-0.4, -0.2) is 24.1 Å². The van der Waals surface area contributed by atoms with Gasteiger partial charge in [-0.25, -0.2) is 8.42 Å². The van der Waals surface area contributed by atoms with Gasteiger partial charge in [0.1, 0.15) is 5.69 Å². The highest BCUT2D eigenvalue weighted by atomic mass is 35.5. The van der Waals surface area contributed by atoms with Crippen molar-refractivity contribution in [3.63, 3.8) is 0 Å². The Labute approximate surface area is 148 Å². The Kier molecular flexibility index (Phi) is 3.19. The van der Waals surface area contributed by atoms with Crippen molar-refractivity contribution in [1.29, 1.82) is 0 Å². The number of sulfone groups is 1. The fourth-order valence-electron chi connectivity index (χ4n) is 3.18. The summed E-state index contributed by atoms with van der Waals surface area (Å²) in [5.41, 5.74) is 5.08. The minimum Gasteiger partial charge on any atom is -0.356 e. The normalized spacial score (nSPS) is 26.1. The number of carbonyl (C=O) groups is 1. The first-order chi connectivity index (χ1) is 11.7. The fourth-order valence-corrected chi connectivity index (χ4v) is 5.24. The van der Waals surface area contributed by atoms with Gasteiger partial charge in [-0.15, -0.1) is 0 Å². The van der Waals surface area contributed by atoms with Crippen LogP contribution in [0.2, 0.25) is 5.02 Å². The summed E-state index contributed by atoms with van der Waals surface area (Å²) in [5.74, 6) is -0.617. The first-order valence-electron chi connectivity index (χ1n) is 7.43. The van der Waals surface area contributed by atoms with Gasteiger partial charge in [0.25, 0.3) is 0 Å². The molecule has 0 aliphatic heterocycles. The minimum absolute atomic E-state index is 0.0205. The molecule has 128 valence electrons. The molecule has 3 aromatic rings. The molecule has 0 amide bonds. The number of nitrogens with zero attached hydrogens (tertiary/aromatic N) is 1. The SMILES string of the molecule is CC1(S(=O)(=O)c2ccc(Cl)cc2)C(=O)C1(N)c1noc2ccccc12. The Morgan fingerprint density at radius 2 is 1.76 bits per heavy atom. The van der Waals surface area contributed by atoms with E-state index < -0.39 is 25.9 Å². The molecular formula is C17H13ClN2O4S. The fraction of sp³-hybridized carbons (Fsp3) is 0.176. The number of carbonyl (C=O) groups excluding carboxylic acids is 1. The van der Waals surface area contributed by atoms with Crippen molar-refractivity contribution in [3.05, 3.63) is 59.2 Å². The molecule has 1 aliphatic rings. The molecule has 1 aliphatic carbocycles. The third-order valence-electron chi connectivity index (χ3n) is 4.89. The molecule has 1 saturated carbocycles. The number of aromatic nitrogens is 1. The number of rotatable bonds is 3. The molecule has 2 aromatic carbocycles. The van der Waals surface area contributed by atoms with E-state index >= 15 is 0 Å². The lowest BCUT2D eigenvalue weighted by molar-refractivity contribution is -0.112. The van der Waals surface area contributed by atoms with Crippen molar-refractivity contribution < 1.29 is 17.7 Å². The average Bonchev–Trinajstić information content (AvgIpc) is 2.93. The van der Waals surface area contributed by atoms with Crippen molar-refractivity contribution in [2.75, 3.05) is 0 Å². The van der Waals surface area contributed by atoms with Gasteiger partial charge in [-0.2, -0.15) is 0 Å². The Bertz CT molecular complexity index is 1120. The first-order valence-corrected chi connectivity index (χ1v) is 9.29. The quantitative estimate of drug-likeness (QED) is 0.753. The van der Waals surface area contributed by atoms with Gasteiger partial charge in [-0.3, -0.25) is 4.79 Å². The first kappa shape index (κ1) is 16.3. The Balaban J connectivity index is 1.88. The van der Waals surface area contributed by atoms with E-state index in [2.05, 4.69) is 5.16 Å². The van der Waals surface area contributed by atoms with Crippen LogP contribution < -0.4 is 5.73 Å². The van der Waals surface area contributed by atoms with E-state index in [-0.39, 0.29) is 10.6 Å². The second kappa shape index (κ2) is 4.91. The summed E-state index contributed by atoms with van der Waals surface area (Å²) in [4.78, 5) is 12.7. The number of para-hydroxylation sites is 1. The van der Waals surface area contributed by atoms with E-state index in [0.29, 0.717) is 16.0 Å². The monoisotopic (exact) mass is 376 g/mol. The molecule has 8 heteroatoms. The highest BCUT2D eigenvalue weighted by Gasteiger charge is 2.82. The molecule has 0 bridgehead atoms. The number of halogens is 1. The van der Waals surface area contributed by atoms with Crippen molar-refractivity contribution in [3.8, 4) is 0 Å². The standard InChI is InChI=1S/C17H13ClN2O4S/c1-16(25(22,23)11-8-6-10(18)7-9-11)15(21)17(16,19)14-12-4-2-3-5-13(12)24-20-14/h2-9H,19H2,1H3. The topological polar surface area (TPSA) is 103 Å². The van der Waals surface area contributed by atoms with Crippen molar-refractivity contribution in [2.45, 2.75) is 22.1 Å². The van der Waals surface area contributed by atoms with E-state index in [4.69, 9.17) is 21.9 Å². The van der Waals surface area contributed by atoms with Gasteiger partial charge in [-0.05, 0) is 43.3 Å². The van der Waals surface area contributed by atoms with Crippen LogP contribution in [0.5, 0.6) is 0 Å². The molecule has 2 N–H and O–H groups in total. The molecule has 25 heavy (non-hydrogen) atoms. The molecule has 6 nitrogen and oxygen atoms in total. The summed E-state index contributed by atoms with van der Waals surface area (Å²) < 4.78 is 29.5. The van der Waals surface area contributed by atoms with Crippen molar-refractivity contribution in [1.82, 2.24) is 5.16 Å². The van der Waals surface area contributed by atoms with E-state index in [1.54, 1.807) is 24.3 Å². The Morgan fingerprint density at radius 1 is 1.12 bits per heavy atom. The van der Waals surface area contributed by atoms with Crippen LogP contribution in [0.15, 0.2) is 57.9 Å². The summed E-state index contributed by atoms with van der Waals surface area (Å²) in [6.07, 6.45) is 0. The summed E-state index contributed by atoms with van der Waals surface area (Å²) in [6.45, 7) is 1.32. The average molecular weight is 377 g/mol. The Hall–Kier alpha value is -2.22. The maximum Gasteiger partial charge on any atom is 0.193 e. The maximum absolute atomic E-state index is 13.1. The zero-order valence-corrected chi connectivity index (χ0v) is 14.6. The van der Waals surface area contributed by atoms with Crippen LogP contribution >= 0.6 is 11.6 Å². The number of ketones is 1. The van der Waals surface area contributed by atoms with Crippen LogP contribution in [0, 0.1) is 0 Å². The molecule has 1 heterocycles. The lowest BCUT2D eigenvalue weighted by Gasteiger charge is -2.15. The molecule has 1 aromatic heterocycles. The molecule has 0 saturated heterocycles. The zero-order chi connectivity index (χ0) is 18.0. The van der Waals surface area contributed by atoms with Gasteiger partial charge in [0.05, 0.1) is 4.90 Å². The van der Waals surface area contributed by atoms with E-state index in [0.717, 1.165) is 0 Å². The number of benzene rings is 2. The van der Waals surface area contributed by atoms with Gasteiger partial charge in [-0.1, -0.05) is 28.9 Å². The molecule has 2 unspecified atom stereocenters. The van der Waals surface area contributed by atoms with Crippen molar-refractivity contribution >= 4 is 38.2 Å². The van der Waals surface area contributed by atoms with Gasteiger partial charge in [0.2, 0.25) is 0 Å². The predicted molar refractivity (Wildman–Crippen MR) is 91.9 cm³/mol. The van der Waals surface area contributed by atoms with Gasteiger partial charge >= 0.3 is 0 Å². The number of nitrogens with two attached hydrogens (primary N) is 1. The lowest BCUT2D eigenvalue weighted by atomic mass is 10.1. The van der Waals surface area contributed by atoms with Crippen molar-refractivity contribution in [2.24, 2.45) is 5.73 Å². The largest absolute Gasteiger partial charge is 0.356 e. The molecule has 4 rings (SSSR count). The highest BCUT2D eigenvalue weighted by molar-refractivity contribution is 7.94.